The van der Waals surface area contributed by atoms with Gasteiger partial charge in [0.2, 0.25) is 0 Å². The number of hydrogen-bond acceptors (Lipinski definition) is 4. The number of nitrogens with one attached hydrogen (secondary N) is 1. The number of anilines is 2. The summed E-state index contributed by atoms with van der Waals surface area (Å²) in [6, 6.07) is 4.76. The fourth-order valence-electron chi connectivity index (χ4n) is 1.77. The third-order valence-electron chi connectivity index (χ3n) is 2.83. The number of nitrogens with zero attached hydrogens (tertiary/aromatic N) is 2. The first-order chi connectivity index (χ1) is 9.08. The molecule has 0 aliphatic carbocycles. The number of hydrogen-bond donors (Lipinski definition) is 2. The minimum Gasteiger partial charge on any atom is -0.393 e. The summed E-state index contributed by atoms with van der Waals surface area (Å²) < 4.78 is 13.0. The van der Waals surface area contributed by atoms with Gasteiger partial charge in [0.25, 0.3) is 0 Å². The molecular weight excluding hydrogens is 267 g/mol. The molecule has 4 nitrogen and oxygen atoms in total. The molecule has 1 aromatic heterocycles. The van der Waals surface area contributed by atoms with Crippen molar-refractivity contribution >= 4 is 23.1 Å². The van der Waals surface area contributed by atoms with E-state index in [-0.39, 0.29) is 11.0 Å². The van der Waals surface area contributed by atoms with Gasteiger partial charge in [-0.2, -0.15) is 0 Å². The SMILES string of the molecule is Cc1cc(F)ccc1CCNc1ncnc(Cl)c1N. The Labute approximate surface area is 115 Å². The van der Waals surface area contributed by atoms with Crippen molar-refractivity contribution in [2.24, 2.45) is 0 Å². The molecular formula is C13H14ClFN4. The van der Waals surface area contributed by atoms with E-state index < -0.39 is 0 Å². The van der Waals surface area contributed by atoms with Gasteiger partial charge in [0, 0.05) is 6.54 Å². The van der Waals surface area contributed by atoms with E-state index in [0.717, 1.165) is 17.5 Å². The minimum absolute atomic E-state index is 0.221. The van der Waals surface area contributed by atoms with Gasteiger partial charge in [-0.05, 0) is 36.6 Å². The highest BCUT2D eigenvalue weighted by molar-refractivity contribution is 6.32. The van der Waals surface area contributed by atoms with E-state index in [2.05, 4.69) is 15.3 Å². The van der Waals surface area contributed by atoms with Gasteiger partial charge in [-0.1, -0.05) is 17.7 Å². The van der Waals surface area contributed by atoms with Crippen molar-refractivity contribution < 1.29 is 4.39 Å². The minimum atomic E-state index is -0.221. The molecule has 100 valence electrons. The van der Waals surface area contributed by atoms with Crippen LogP contribution in [0.4, 0.5) is 15.9 Å². The number of aryl methyl sites for hydroxylation is 1. The van der Waals surface area contributed by atoms with Gasteiger partial charge in [0.15, 0.2) is 11.0 Å². The predicted molar refractivity (Wildman–Crippen MR) is 74.8 cm³/mol. The zero-order chi connectivity index (χ0) is 13.8. The van der Waals surface area contributed by atoms with Gasteiger partial charge in [-0.15, -0.1) is 0 Å². The summed E-state index contributed by atoms with van der Waals surface area (Å²) in [7, 11) is 0. The topological polar surface area (TPSA) is 63.8 Å². The van der Waals surface area contributed by atoms with Crippen molar-refractivity contribution in [1.82, 2.24) is 9.97 Å². The van der Waals surface area contributed by atoms with Crippen LogP contribution in [0.15, 0.2) is 24.5 Å². The van der Waals surface area contributed by atoms with Crippen molar-refractivity contribution in [3.63, 3.8) is 0 Å². The van der Waals surface area contributed by atoms with Gasteiger partial charge in [-0.25, -0.2) is 14.4 Å². The van der Waals surface area contributed by atoms with Gasteiger partial charge in [0.05, 0.1) is 0 Å². The smallest absolute Gasteiger partial charge is 0.157 e. The highest BCUT2D eigenvalue weighted by atomic mass is 35.5. The second-order valence-corrected chi connectivity index (χ2v) is 4.53. The van der Waals surface area contributed by atoms with Crippen molar-refractivity contribution in [2.45, 2.75) is 13.3 Å². The van der Waals surface area contributed by atoms with Gasteiger partial charge in [-0.3, -0.25) is 0 Å². The molecule has 19 heavy (non-hydrogen) atoms. The van der Waals surface area contributed by atoms with Crippen molar-refractivity contribution in [3.05, 3.63) is 46.6 Å². The van der Waals surface area contributed by atoms with E-state index in [1.807, 2.05) is 6.92 Å². The quantitative estimate of drug-likeness (QED) is 0.846. The van der Waals surface area contributed by atoms with E-state index in [0.29, 0.717) is 18.1 Å². The Hall–Kier alpha value is -1.88. The monoisotopic (exact) mass is 280 g/mol. The van der Waals surface area contributed by atoms with E-state index in [1.54, 1.807) is 6.07 Å². The molecule has 1 aromatic carbocycles. The Bertz CT molecular complexity index is 589. The first-order valence-corrected chi connectivity index (χ1v) is 6.20. The summed E-state index contributed by atoms with van der Waals surface area (Å²) in [6.45, 7) is 2.51. The molecule has 0 atom stereocenters. The zero-order valence-electron chi connectivity index (χ0n) is 10.5. The average Bonchev–Trinajstić information content (AvgIpc) is 2.37. The molecule has 0 aliphatic rings. The van der Waals surface area contributed by atoms with Crippen LogP contribution in [0.5, 0.6) is 0 Å². The molecule has 2 aromatic rings. The molecule has 0 bridgehead atoms. The third-order valence-corrected chi connectivity index (χ3v) is 3.13. The molecule has 0 amide bonds. The summed E-state index contributed by atoms with van der Waals surface area (Å²) in [4.78, 5) is 7.79. The van der Waals surface area contributed by atoms with Crippen molar-refractivity contribution in [2.75, 3.05) is 17.6 Å². The second kappa shape index (κ2) is 5.84. The van der Waals surface area contributed by atoms with Crippen LogP contribution in [-0.4, -0.2) is 16.5 Å². The summed E-state index contributed by atoms with van der Waals surface area (Å²) in [5, 5.41) is 3.32. The van der Waals surface area contributed by atoms with E-state index >= 15 is 0 Å². The third kappa shape index (κ3) is 3.32. The van der Waals surface area contributed by atoms with Gasteiger partial charge >= 0.3 is 0 Å². The molecule has 2 rings (SSSR count). The highest BCUT2D eigenvalue weighted by Crippen LogP contribution is 2.21. The molecule has 0 saturated carbocycles. The predicted octanol–water partition coefficient (Wildman–Crippen LogP) is 2.81. The second-order valence-electron chi connectivity index (χ2n) is 4.17. The van der Waals surface area contributed by atoms with E-state index in [4.69, 9.17) is 17.3 Å². The largest absolute Gasteiger partial charge is 0.393 e. The number of halogens is 2. The van der Waals surface area contributed by atoms with Gasteiger partial charge in [0.1, 0.15) is 17.8 Å². The molecule has 0 aliphatic heterocycles. The van der Waals surface area contributed by atoms with E-state index in [1.165, 1.54) is 18.5 Å². The van der Waals surface area contributed by atoms with Gasteiger partial charge < -0.3 is 11.1 Å². The summed E-state index contributed by atoms with van der Waals surface area (Å²) in [5.41, 5.74) is 8.08. The lowest BCUT2D eigenvalue weighted by Gasteiger charge is -2.10. The number of aromatic nitrogens is 2. The summed E-state index contributed by atoms with van der Waals surface area (Å²) in [6.07, 6.45) is 2.09. The number of nitrogen functional groups attached to an aromatic ring is 1. The lowest BCUT2D eigenvalue weighted by atomic mass is 10.1. The fourth-order valence-corrected chi connectivity index (χ4v) is 1.90. The Morgan fingerprint density at radius 1 is 1.37 bits per heavy atom. The van der Waals surface area contributed by atoms with Crippen LogP contribution in [0.1, 0.15) is 11.1 Å². The van der Waals surface area contributed by atoms with Crippen LogP contribution in [0.2, 0.25) is 5.15 Å². The molecule has 0 spiro atoms. The fraction of sp³-hybridized carbons (Fsp3) is 0.231. The lowest BCUT2D eigenvalue weighted by Crippen LogP contribution is -2.10. The molecule has 0 radical (unpaired) electrons. The number of nitrogens with two attached hydrogens (primary N) is 1. The number of benzene rings is 1. The maximum atomic E-state index is 13.0. The van der Waals surface area contributed by atoms with Crippen LogP contribution >= 0.6 is 11.6 Å². The normalized spacial score (nSPS) is 10.5. The van der Waals surface area contributed by atoms with Crippen LogP contribution in [0.25, 0.3) is 0 Å². The average molecular weight is 281 g/mol. The first-order valence-electron chi connectivity index (χ1n) is 5.83. The Morgan fingerprint density at radius 2 is 2.16 bits per heavy atom. The lowest BCUT2D eigenvalue weighted by molar-refractivity contribution is 0.625. The van der Waals surface area contributed by atoms with Crippen molar-refractivity contribution in [3.8, 4) is 0 Å². The molecule has 3 N–H and O–H groups in total. The van der Waals surface area contributed by atoms with Crippen LogP contribution in [0.3, 0.4) is 0 Å². The Kier molecular flexibility index (Phi) is 4.16. The first kappa shape index (κ1) is 13.5. The standard InChI is InChI=1S/C13H14ClFN4/c1-8-6-10(15)3-2-9(8)4-5-17-13-11(16)12(14)18-7-19-13/h2-3,6-7H,4-5,16H2,1H3,(H,17,18,19). The molecule has 6 heteroatoms. The molecule has 1 heterocycles. The Balaban J connectivity index is 1.98. The van der Waals surface area contributed by atoms with Crippen LogP contribution in [-0.2, 0) is 6.42 Å². The Morgan fingerprint density at radius 3 is 2.89 bits per heavy atom. The summed E-state index contributed by atoms with van der Waals surface area (Å²) in [5.74, 6) is 0.292. The van der Waals surface area contributed by atoms with Crippen LogP contribution in [0, 0.1) is 12.7 Å². The highest BCUT2D eigenvalue weighted by Gasteiger charge is 2.05. The van der Waals surface area contributed by atoms with Crippen molar-refractivity contribution in [1.29, 1.82) is 0 Å². The zero-order valence-corrected chi connectivity index (χ0v) is 11.2. The number of rotatable bonds is 4. The molecule has 0 fully saturated rings. The van der Waals surface area contributed by atoms with E-state index in [9.17, 15) is 4.39 Å². The maximum Gasteiger partial charge on any atom is 0.157 e. The molecule has 0 unspecified atom stereocenters. The maximum absolute atomic E-state index is 13.0. The van der Waals surface area contributed by atoms with Crippen LogP contribution < -0.4 is 11.1 Å². The summed E-state index contributed by atoms with van der Waals surface area (Å²) >= 11 is 5.79. The molecule has 0 saturated heterocycles.